The molecule has 1 heterocycles. The molecule has 0 bridgehead atoms. The minimum Gasteiger partial charge on any atom is -0.497 e. The van der Waals surface area contributed by atoms with Gasteiger partial charge in [-0.05, 0) is 74.0 Å². The molecule has 3 aromatic carbocycles. The van der Waals surface area contributed by atoms with E-state index in [1.54, 1.807) is 13.2 Å². The average Bonchev–Trinajstić information content (AvgIpc) is 3.40. The normalized spacial score (nSPS) is 14.9. The Balaban J connectivity index is 1.48. The van der Waals surface area contributed by atoms with Crippen molar-refractivity contribution in [1.29, 1.82) is 0 Å². The van der Waals surface area contributed by atoms with Gasteiger partial charge in [-0.15, -0.1) is 0 Å². The van der Waals surface area contributed by atoms with Crippen molar-refractivity contribution in [3.8, 4) is 5.75 Å². The third kappa shape index (κ3) is 5.98. The maximum atomic E-state index is 13.9. The van der Waals surface area contributed by atoms with Gasteiger partial charge in [0.05, 0.1) is 23.7 Å². The number of halogens is 1. The number of carbonyl (C=O) groups excluding carboxylic acids is 1. The van der Waals surface area contributed by atoms with Crippen molar-refractivity contribution in [1.82, 2.24) is 10.2 Å². The summed E-state index contributed by atoms with van der Waals surface area (Å²) in [5.41, 5.74) is 1.12. The van der Waals surface area contributed by atoms with Gasteiger partial charge in [0.2, 0.25) is 0 Å². The predicted octanol–water partition coefficient (Wildman–Crippen LogP) is 4.20. The molecule has 0 aliphatic carbocycles. The van der Waals surface area contributed by atoms with Gasteiger partial charge in [0, 0.05) is 12.1 Å². The van der Waals surface area contributed by atoms with E-state index in [0.717, 1.165) is 37.2 Å². The molecule has 1 atom stereocenters. The van der Waals surface area contributed by atoms with E-state index in [0.29, 0.717) is 6.54 Å². The average molecular weight is 498 g/mol. The second-order valence-corrected chi connectivity index (χ2v) is 10.0. The Hall–Kier alpha value is -3.43. The number of methoxy groups -OCH3 is 1. The Labute approximate surface area is 205 Å². The van der Waals surface area contributed by atoms with E-state index in [-0.39, 0.29) is 28.1 Å². The summed E-state index contributed by atoms with van der Waals surface area (Å²) >= 11 is 0. The molecular formula is C26H28FN3O4S. The van der Waals surface area contributed by atoms with Crippen LogP contribution in [0, 0.1) is 5.82 Å². The number of nitrogens with zero attached hydrogens (tertiary/aromatic N) is 1. The predicted molar refractivity (Wildman–Crippen MR) is 133 cm³/mol. The lowest BCUT2D eigenvalue weighted by atomic mass is 10.0. The van der Waals surface area contributed by atoms with Crippen LogP contribution in [0.2, 0.25) is 0 Å². The standard InChI is InChI=1S/C26H28FN3O4S/c1-34-21-13-11-19(12-14-21)25(30-15-4-5-16-30)18-28-26(31)20-7-6-8-22(17-20)35(32,33)29-24-10-3-2-9-23(24)27/h2-3,6-14,17,25,29H,4-5,15-16,18H2,1H3,(H,28,31). The highest BCUT2D eigenvalue weighted by atomic mass is 32.2. The smallest absolute Gasteiger partial charge is 0.262 e. The first-order chi connectivity index (χ1) is 16.9. The lowest BCUT2D eigenvalue weighted by molar-refractivity contribution is 0.0937. The van der Waals surface area contributed by atoms with Crippen molar-refractivity contribution < 1.29 is 22.3 Å². The molecule has 7 nitrogen and oxygen atoms in total. The molecule has 1 unspecified atom stereocenters. The van der Waals surface area contributed by atoms with Crippen molar-refractivity contribution in [3.05, 3.63) is 89.7 Å². The number of hydrogen-bond acceptors (Lipinski definition) is 5. The first-order valence-electron chi connectivity index (χ1n) is 11.4. The molecule has 2 N–H and O–H groups in total. The highest BCUT2D eigenvalue weighted by Crippen LogP contribution is 2.26. The van der Waals surface area contributed by atoms with Crippen LogP contribution in [0.3, 0.4) is 0 Å². The topological polar surface area (TPSA) is 87.7 Å². The van der Waals surface area contributed by atoms with Crippen LogP contribution in [0.4, 0.5) is 10.1 Å². The number of hydrogen-bond donors (Lipinski definition) is 2. The molecule has 4 rings (SSSR count). The molecular weight excluding hydrogens is 469 g/mol. The van der Waals surface area contributed by atoms with Crippen LogP contribution in [0.15, 0.2) is 77.7 Å². The number of benzene rings is 3. The van der Waals surface area contributed by atoms with Gasteiger partial charge in [0.25, 0.3) is 15.9 Å². The van der Waals surface area contributed by atoms with E-state index in [1.807, 2.05) is 24.3 Å². The summed E-state index contributed by atoms with van der Waals surface area (Å²) in [6.45, 7) is 2.26. The minimum absolute atomic E-state index is 0.0120. The van der Waals surface area contributed by atoms with Gasteiger partial charge in [-0.2, -0.15) is 0 Å². The number of para-hydroxylation sites is 1. The van der Waals surface area contributed by atoms with E-state index in [4.69, 9.17) is 4.74 Å². The van der Waals surface area contributed by atoms with Crippen molar-refractivity contribution in [2.75, 3.05) is 31.5 Å². The van der Waals surface area contributed by atoms with E-state index >= 15 is 0 Å². The maximum Gasteiger partial charge on any atom is 0.262 e. The summed E-state index contributed by atoms with van der Waals surface area (Å²) in [4.78, 5) is 15.2. The molecule has 9 heteroatoms. The van der Waals surface area contributed by atoms with Crippen molar-refractivity contribution >= 4 is 21.6 Å². The van der Waals surface area contributed by atoms with Gasteiger partial charge in [0.15, 0.2) is 0 Å². The molecule has 0 radical (unpaired) electrons. The highest BCUT2D eigenvalue weighted by molar-refractivity contribution is 7.92. The van der Waals surface area contributed by atoms with Crippen molar-refractivity contribution in [2.45, 2.75) is 23.8 Å². The van der Waals surface area contributed by atoms with Gasteiger partial charge in [-0.25, -0.2) is 12.8 Å². The zero-order chi connectivity index (χ0) is 24.8. The Morgan fingerprint density at radius 1 is 1.03 bits per heavy atom. The lowest BCUT2D eigenvalue weighted by Crippen LogP contribution is -2.36. The fraction of sp³-hybridized carbons (Fsp3) is 0.269. The zero-order valence-corrected chi connectivity index (χ0v) is 20.2. The number of sulfonamides is 1. The summed E-state index contributed by atoms with van der Waals surface area (Å²) in [7, 11) is -2.46. The number of rotatable bonds is 9. The van der Waals surface area contributed by atoms with E-state index in [1.165, 1.54) is 42.5 Å². The maximum absolute atomic E-state index is 13.9. The molecule has 3 aromatic rings. The third-order valence-corrected chi connectivity index (χ3v) is 7.43. The molecule has 1 amide bonds. The Kier molecular flexibility index (Phi) is 7.67. The van der Waals surface area contributed by atoms with E-state index in [9.17, 15) is 17.6 Å². The quantitative estimate of drug-likeness (QED) is 0.463. The fourth-order valence-corrected chi connectivity index (χ4v) is 5.29. The van der Waals surface area contributed by atoms with Gasteiger partial charge in [-0.1, -0.05) is 30.3 Å². The molecule has 0 spiro atoms. The van der Waals surface area contributed by atoms with Crippen LogP contribution in [0.1, 0.15) is 34.8 Å². The van der Waals surface area contributed by atoms with Gasteiger partial charge < -0.3 is 10.1 Å². The number of amides is 1. The lowest BCUT2D eigenvalue weighted by Gasteiger charge is -2.28. The number of nitrogens with one attached hydrogen (secondary N) is 2. The number of likely N-dealkylation sites (tertiary alicyclic amines) is 1. The molecule has 0 saturated carbocycles. The third-order valence-electron chi connectivity index (χ3n) is 6.06. The Morgan fingerprint density at radius 2 is 1.74 bits per heavy atom. The molecule has 1 aliphatic rings. The van der Waals surface area contributed by atoms with E-state index in [2.05, 4.69) is 14.9 Å². The van der Waals surface area contributed by atoms with E-state index < -0.39 is 15.8 Å². The monoisotopic (exact) mass is 497 g/mol. The SMILES string of the molecule is COc1ccc(C(CNC(=O)c2cccc(S(=O)(=O)Nc3ccccc3F)c2)N2CCCC2)cc1. The first kappa shape index (κ1) is 24.7. The summed E-state index contributed by atoms with van der Waals surface area (Å²) < 4.78 is 47.0. The first-order valence-corrected chi connectivity index (χ1v) is 12.9. The van der Waals surface area contributed by atoms with Gasteiger partial charge >= 0.3 is 0 Å². The Morgan fingerprint density at radius 3 is 2.43 bits per heavy atom. The number of ether oxygens (including phenoxy) is 1. The van der Waals surface area contributed by atoms with Crippen LogP contribution >= 0.6 is 0 Å². The highest BCUT2D eigenvalue weighted by Gasteiger charge is 2.25. The second-order valence-electron chi connectivity index (χ2n) is 8.36. The number of carbonyl (C=O) groups is 1. The summed E-state index contributed by atoms with van der Waals surface area (Å²) in [5.74, 6) is -0.304. The van der Waals surface area contributed by atoms with Gasteiger partial charge in [-0.3, -0.25) is 14.4 Å². The minimum atomic E-state index is -4.08. The fourth-order valence-electron chi connectivity index (χ4n) is 4.18. The van der Waals surface area contributed by atoms with Crippen molar-refractivity contribution in [2.24, 2.45) is 0 Å². The molecule has 1 fully saturated rings. The molecule has 35 heavy (non-hydrogen) atoms. The van der Waals surface area contributed by atoms with Gasteiger partial charge in [0.1, 0.15) is 11.6 Å². The second kappa shape index (κ2) is 10.9. The Bertz CT molecular complexity index is 1280. The molecule has 1 aliphatic heterocycles. The molecule has 0 aromatic heterocycles. The summed E-state index contributed by atoms with van der Waals surface area (Å²) in [6, 6.07) is 19.0. The van der Waals surface area contributed by atoms with Crippen molar-refractivity contribution in [3.63, 3.8) is 0 Å². The summed E-state index contributed by atoms with van der Waals surface area (Å²) in [6.07, 6.45) is 2.21. The van der Waals surface area contributed by atoms with Crippen LogP contribution in [0.25, 0.3) is 0 Å². The van der Waals surface area contributed by atoms with Crippen LogP contribution in [0.5, 0.6) is 5.75 Å². The zero-order valence-electron chi connectivity index (χ0n) is 19.4. The molecule has 184 valence electrons. The number of anilines is 1. The van der Waals surface area contributed by atoms with Crippen LogP contribution < -0.4 is 14.8 Å². The van der Waals surface area contributed by atoms with Crippen LogP contribution in [-0.4, -0.2) is 46.0 Å². The molecule has 1 saturated heterocycles. The summed E-state index contributed by atoms with van der Waals surface area (Å²) in [5, 5.41) is 2.95. The largest absolute Gasteiger partial charge is 0.497 e. The van der Waals surface area contributed by atoms with Crippen LogP contribution in [-0.2, 0) is 10.0 Å².